The van der Waals surface area contributed by atoms with E-state index in [1.54, 1.807) is 17.8 Å². The molecule has 0 saturated heterocycles. The van der Waals surface area contributed by atoms with Crippen LogP contribution < -0.4 is 4.74 Å². The monoisotopic (exact) mass is 431 g/mol. The van der Waals surface area contributed by atoms with Crippen LogP contribution in [0.25, 0.3) is 11.4 Å². The first-order valence-corrected chi connectivity index (χ1v) is 11.3. The average Bonchev–Trinajstić information content (AvgIpc) is 3.37. The molecule has 1 fully saturated rings. The molecule has 1 heterocycles. The average molecular weight is 432 g/mol. The highest BCUT2D eigenvalue weighted by Crippen LogP contribution is 2.30. The fourth-order valence-electron chi connectivity index (χ4n) is 3.56. The molecule has 0 aliphatic heterocycles. The number of aromatic nitrogens is 3. The van der Waals surface area contributed by atoms with E-state index in [1.807, 2.05) is 24.3 Å². The van der Waals surface area contributed by atoms with Gasteiger partial charge in [-0.05, 0) is 74.6 Å². The molecule has 29 heavy (non-hydrogen) atoms. The molecule has 1 aliphatic rings. The number of benzene rings is 2. The first-order valence-electron chi connectivity index (χ1n) is 9.91. The largest absolute Gasteiger partial charge is 0.490 e. The van der Waals surface area contributed by atoms with Crippen LogP contribution in [0.5, 0.6) is 5.75 Å². The van der Waals surface area contributed by atoms with Crippen molar-refractivity contribution in [2.24, 2.45) is 0 Å². The van der Waals surface area contributed by atoms with E-state index in [1.165, 1.54) is 25.0 Å². The fraction of sp³-hybridized carbons (Fsp3) is 0.364. The van der Waals surface area contributed by atoms with Crippen molar-refractivity contribution in [1.29, 1.82) is 0 Å². The smallest absolute Gasteiger partial charge is 0.191 e. The van der Waals surface area contributed by atoms with E-state index >= 15 is 0 Å². The molecule has 4 rings (SSSR count). The maximum atomic E-state index is 13.2. The number of halogens is 2. The number of rotatable bonds is 7. The highest BCUT2D eigenvalue weighted by molar-refractivity contribution is 7.98. The van der Waals surface area contributed by atoms with Crippen LogP contribution in [0.3, 0.4) is 0 Å². The topological polar surface area (TPSA) is 39.9 Å². The highest BCUT2D eigenvalue weighted by Gasteiger charge is 2.17. The van der Waals surface area contributed by atoms with Crippen LogP contribution in [-0.4, -0.2) is 20.9 Å². The quantitative estimate of drug-likeness (QED) is 0.407. The molecule has 0 radical (unpaired) electrons. The summed E-state index contributed by atoms with van der Waals surface area (Å²) in [6, 6.07) is 12.6. The zero-order valence-electron chi connectivity index (χ0n) is 16.3. The minimum Gasteiger partial charge on any atom is -0.490 e. The van der Waals surface area contributed by atoms with Crippen molar-refractivity contribution in [3.63, 3.8) is 0 Å². The Balaban J connectivity index is 1.47. The van der Waals surface area contributed by atoms with E-state index in [2.05, 4.69) is 21.7 Å². The summed E-state index contributed by atoms with van der Waals surface area (Å²) in [5.74, 6) is 2.00. The number of nitrogens with zero attached hydrogens (tertiary/aromatic N) is 3. The van der Waals surface area contributed by atoms with Gasteiger partial charge in [0.1, 0.15) is 11.6 Å². The molecule has 4 nitrogen and oxygen atoms in total. The van der Waals surface area contributed by atoms with E-state index in [0.717, 1.165) is 47.2 Å². The van der Waals surface area contributed by atoms with Gasteiger partial charge in [0.25, 0.3) is 0 Å². The summed E-state index contributed by atoms with van der Waals surface area (Å²) in [6.07, 6.45) is 5.15. The summed E-state index contributed by atoms with van der Waals surface area (Å²) in [5.41, 5.74) is 1.88. The zero-order valence-corrected chi connectivity index (χ0v) is 17.8. The highest BCUT2D eigenvalue weighted by atomic mass is 35.5. The third-order valence-electron chi connectivity index (χ3n) is 5.12. The lowest BCUT2D eigenvalue weighted by Gasteiger charge is -2.13. The molecule has 2 aromatic carbocycles. The Hall–Kier alpha value is -2.05. The number of hydrogen-bond donors (Lipinski definition) is 0. The van der Waals surface area contributed by atoms with Gasteiger partial charge in [0, 0.05) is 22.9 Å². The minimum atomic E-state index is -0.330. The van der Waals surface area contributed by atoms with E-state index in [-0.39, 0.29) is 5.82 Å². The molecular formula is C22H23ClFN3OS. The summed E-state index contributed by atoms with van der Waals surface area (Å²) < 4.78 is 21.4. The third-order valence-corrected chi connectivity index (χ3v) is 6.49. The number of hydrogen-bond acceptors (Lipinski definition) is 4. The van der Waals surface area contributed by atoms with Crippen LogP contribution in [0.4, 0.5) is 4.39 Å². The molecule has 0 spiro atoms. The molecule has 152 valence electrons. The Morgan fingerprint density at radius 3 is 2.59 bits per heavy atom. The van der Waals surface area contributed by atoms with Crippen LogP contribution in [-0.2, 0) is 12.3 Å². The predicted octanol–water partition coefficient (Wildman–Crippen LogP) is 6.37. The van der Waals surface area contributed by atoms with Gasteiger partial charge in [0.2, 0.25) is 0 Å². The first kappa shape index (κ1) is 20.2. The van der Waals surface area contributed by atoms with Crippen molar-refractivity contribution in [2.75, 3.05) is 0 Å². The minimum absolute atomic E-state index is 0.330. The van der Waals surface area contributed by atoms with E-state index in [4.69, 9.17) is 16.3 Å². The third kappa shape index (κ3) is 4.75. The van der Waals surface area contributed by atoms with Gasteiger partial charge in [-0.15, -0.1) is 10.2 Å². The molecule has 0 amide bonds. The Morgan fingerprint density at radius 1 is 1.14 bits per heavy atom. The van der Waals surface area contributed by atoms with Gasteiger partial charge in [-0.1, -0.05) is 29.4 Å². The predicted molar refractivity (Wildman–Crippen MR) is 115 cm³/mol. The standard InChI is InChI=1S/C22H23ClFN3OS/c1-2-27-21(15-8-11-19(12-9-15)28-18-5-3-4-6-18)25-26-22(27)29-14-16-7-10-17(24)13-20(16)23/h7-13,18H,2-6,14H2,1H3. The maximum Gasteiger partial charge on any atom is 0.191 e. The fourth-order valence-corrected chi connectivity index (χ4v) is 4.88. The van der Waals surface area contributed by atoms with Crippen molar-refractivity contribution in [3.05, 3.63) is 58.9 Å². The van der Waals surface area contributed by atoms with Crippen molar-refractivity contribution in [2.45, 2.75) is 56.2 Å². The molecule has 0 N–H and O–H groups in total. The summed E-state index contributed by atoms with van der Waals surface area (Å²) in [5, 5.41) is 10.00. The van der Waals surface area contributed by atoms with Gasteiger partial charge in [0.05, 0.1) is 6.10 Å². The van der Waals surface area contributed by atoms with E-state index in [0.29, 0.717) is 16.9 Å². The van der Waals surface area contributed by atoms with Gasteiger partial charge < -0.3 is 9.30 Å². The SMILES string of the molecule is CCn1c(SCc2ccc(F)cc2Cl)nnc1-c1ccc(OC2CCCC2)cc1. The van der Waals surface area contributed by atoms with Gasteiger partial charge in [-0.3, -0.25) is 0 Å². The number of ether oxygens (including phenoxy) is 1. The second-order valence-corrected chi connectivity index (χ2v) is 8.47. The molecule has 0 bridgehead atoms. The van der Waals surface area contributed by atoms with Gasteiger partial charge >= 0.3 is 0 Å². The molecular weight excluding hydrogens is 409 g/mol. The van der Waals surface area contributed by atoms with E-state index < -0.39 is 0 Å². The van der Waals surface area contributed by atoms with Gasteiger partial charge in [0.15, 0.2) is 11.0 Å². The Morgan fingerprint density at radius 2 is 1.90 bits per heavy atom. The van der Waals surface area contributed by atoms with Crippen LogP contribution in [0.1, 0.15) is 38.2 Å². The van der Waals surface area contributed by atoms with Crippen LogP contribution >= 0.6 is 23.4 Å². The van der Waals surface area contributed by atoms with Crippen molar-refractivity contribution in [1.82, 2.24) is 14.8 Å². The number of thioether (sulfide) groups is 1. The van der Waals surface area contributed by atoms with Crippen molar-refractivity contribution in [3.8, 4) is 17.1 Å². The molecule has 0 unspecified atom stereocenters. The first-order chi connectivity index (χ1) is 14.1. The second kappa shape index (κ2) is 9.18. The lowest BCUT2D eigenvalue weighted by molar-refractivity contribution is 0.210. The van der Waals surface area contributed by atoms with Crippen LogP contribution in [0, 0.1) is 5.82 Å². The lowest BCUT2D eigenvalue weighted by atomic mass is 10.2. The Bertz CT molecular complexity index is 971. The molecule has 7 heteroatoms. The molecule has 1 aromatic heterocycles. The van der Waals surface area contributed by atoms with Gasteiger partial charge in [-0.25, -0.2) is 4.39 Å². The molecule has 1 saturated carbocycles. The zero-order chi connectivity index (χ0) is 20.2. The molecule has 3 aromatic rings. The lowest BCUT2D eigenvalue weighted by Crippen LogP contribution is -2.10. The van der Waals surface area contributed by atoms with E-state index in [9.17, 15) is 4.39 Å². The van der Waals surface area contributed by atoms with Crippen LogP contribution in [0.15, 0.2) is 47.6 Å². The Labute approximate surface area is 179 Å². The summed E-state index contributed by atoms with van der Waals surface area (Å²) in [6.45, 7) is 2.82. The van der Waals surface area contributed by atoms with Crippen molar-refractivity contribution >= 4 is 23.4 Å². The second-order valence-electron chi connectivity index (χ2n) is 7.12. The van der Waals surface area contributed by atoms with Crippen LogP contribution in [0.2, 0.25) is 5.02 Å². The summed E-state index contributed by atoms with van der Waals surface area (Å²) in [7, 11) is 0. The normalized spacial score (nSPS) is 14.4. The summed E-state index contributed by atoms with van der Waals surface area (Å²) in [4.78, 5) is 0. The Kier molecular flexibility index (Phi) is 6.40. The van der Waals surface area contributed by atoms with Crippen molar-refractivity contribution < 1.29 is 9.13 Å². The molecule has 1 aliphatic carbocycles. The maximum absolute atomic E-state index is 13.2. The molecule has 0 atom stereocenters. The summed E-state index contributed by atoms with van der Waals surface area (Å²) >= 11 is 7.68. The van der Waals surface area contributed by atoms with Gasteiger partial charge in [-0.2, -0.15) is 0 Å².